The summed E-state index contributed by atoms with van der Waals surface area (Å²) in [6.45, 7) is 6.48. The van der Waals surface area contributed by atoms with Crippen molar-refractivity contribution < 1.29 is 24.4 Å². The largest absolute Gasteiger partial charge is 0.497 e. The van der Waals surface area contributed by atoms with E-state index >= 15 is 0 Å². The Morgan fingerprint density at radius 2 is 1.83 bits per heavy atom. The fourth-order valence-electron chi connectivity index (χ4n) is 4.21. The number of rotatable bonds is 18. The van der Waals surface area contributed by atoms with Gasteiger partial charge in [-0.1, -0.05) is 30.9 Å². The van der Waals surface area contributed by atoms with Crippen molar-refractivity contribution in [2.24, 2.45) is 5.10 Å². The Morgan fingerprint density at radius 3 is 2.55 bits per heavy atom. The minimum atomic E-state index is 0.568. The van der Waals surface area contributed by atoms with Crippen LogP contribution in [0.15, 0.2) is 96.4 Å². The number of allylic oxidation sites excluding steroid dienone is 3. The van der Waals surface area contributed by atoms with Crippen molar-refractivity contribution in [3.63, 3.8) is 0 Å². The van der Waals surface area contributed by atoms with E-state index in [-0.39, 0.29) is 0 Å². The molecule has 1 aromatic heterocycles. The number of nitrogen functional groups attached to an aromatic ring is 1. The summed E-state index contributed by atoms with van der Waals surface area (Å²) in [7, 11) is 5.15. The van der Waals surface area contributed by atoms with Gasteiger partial charge in [-0.15, -0.1) is 0 Å². The van der Waals surface area contributed by atoms with E-state index in [0.717, 1.165) is 48.6 Å². The number of para-hydroxylation sites is 1. The summed E-state index contributed by atoms with van der Waals surface area (Å²) in [4.78, 5) is 3.37. The topological polar surface area (TPSA) is 107 Å². The van der Waals surface area contributed by atoms with Crippen LogP contribution in [0.2, 0.25) is 0 Å². The number of hydrazone groups is 1. The molecule has 9 nitrogen and oxygen atoms in total. The van der Waals surface area contributed by atoms with Crippen LogP contribution < -0.4 is 40.4 Å². The first kappa shape index (κ1) is 31.9. The molecule has 0 radical (unpaired) electrons. The molecule has 42 heavy (non-hydrogen) atoms. The van der Waals surface area contributed by atoms with E-state index in [4.69, 9.17) is 15.2 Å². The number of aryl methyl sites for hydroxylation is 1. The molecule has 0 aliphatic heterocycles. The van der Waals surface area contributed by atoms with Crippen molar-refractivity contribution in [1.82, 2.24) is 0 Å². The average molecular weight is 573 g/mol. The van der Waals surface area contributed by atoms with Gasteiger partial charge in [0.25, 0.3) is 0 Å². The van der Waals surface area contributed by atoms with Crippen LogP contribution in [0.1, 0.15) is 25.7 Å². The number of unbranched alkanes of at least 4 members (excludes halogenated alkanes) is 3. The van der Waals surface area contributed by atoms with Gasteiger partial charge >= 0.3 is 0 Å². The molecule has 0 amide bonds. The molecule has 9 heteroatoms. The zero-order chi connectivity index (χ0) is 30.0. The van der Waals surface area contributed by atoms with Gasteiger partial charge in [0.05, 0.1) is 49.6 Å². The lowest BCUT2D eigenvalue weighted by Crippen LogP contribution is -2.80. The number of anilines is 3. The molecule has 0 aliphatic rings. The summed E-state index contributed by atoms with van der Waals surface area (Å²) in [5.74, 6) is 1.29. The predicted octanol–water partition coefficient (Wildman–Crippen LogP) is 2.78. The number of aromatic nitrogens is 1. The molecule has 3 rings (SSSR count). The third-order valence-electron chi connectivity index (χ3n) is 6.75. The van der Waals surface area contributed by atoms with E-state index in [1.54, 1.807) is 26.4 Å². The number of hydrogen-bond donors (Lipinski definition) is 4. The van der Waals surface area contributed by atoms with E-state index < -0.39 is 0 Å². The second-order valence-electron chi connectivity index (χ2n) is 9.75. The number of hydrogen-bond acceptors (Lipinski definition) is 6. The first-order valence-corrected chi connectivity index (χ1v) is 14.3. The normalized spacial score (nSPS) is 11.6. The molecule has 0 bridgehead atoms. The number of benzene rings is 2. The molecule has 222 valence electrons. The molecular formula is C33H46N7O2+3. The van der Waals surface area contributed by atoms with Crippen LogP contribution in [-0.2, 0) is 6.54 Å². The molecule has 3 aromatic rings. The zero-order valence-corrected chi connectivity index (χ0v) is 25.1. The van der Waals surface area contributed by atoms with Gasteiger partial charge in [-0.25, -0.2) is 9.56 Å². The van der Waals surface area contributed by atoms with Crippen molar-refractivity contribution in [3.8, 4) is 11.5 Å². The highest BCUT2D eigenvalue weighted by Gasteiger charge is 2.10. The molecule has 0 saturated heterocycles. The van der Waals surface area contributed by atoms with Crippen molar-refractivity contribution in [2.75, 3.05) is 50.5 Å². The summed E-state index contributed by atoms with van der Waals surface area (Å²) < 4.78 is 12.9. The maximum Gasteiger partial charge on any atom is 0.174 e. The smallest absolute Gasteiger partial charge is 0.174 e. The summed E-state index contributed by atoms with van der Waals surface area (Å²) in [5.41, 5.74) is 10.7. The molecule has 0 unspecified atom stereocenters. The summed E-state index contributed by atoms with van der Waals surface area (Å²) in [6.07, 6.45) is 16.5. The molecule has 6 N–H and O–H groups in total. The molecule has 0 atom stereocenters. The van der Waals surface area contributed by atoms with Crippen molar-refractivity contribution >= 4 is 35.2 Å². The quantitative estimate of drug-likeness (QED) is 0.0357. The van der Waals surface area contributed by atoms with Crippen LogP contribution in [-0.4, -0.2) is 46.9 Å². The fourth-order valence-corrected chi connectivity index (χ4v) is 4.21. The van der Waals surface area contributed by atoms with Gasteiger partial charge in [-0.05, 0) is 30.5 Å². The van der Waals surface area contributed by atoms with E-state index in [9.17, 15) is 0 Å². The number of ether oxygens (including phenoxy) is 2. The minimum absolute atomic E-state index is 0.568. The van der Waals surface area contributed by atoms with Crippen LogP contribution >= 0.6 is 0 Å². The average Bonchev–Trinajstić information content (AvgIpc) is 3.03. The number of methoxy groups -OCH3 is 2. The maximum atomic E-state index is 6.19. The number of quaternary nitrogens is 1. The van der Waals surface area contributed by atoms with E-state index in [1.807, 2.05) is 67.0 Å². The molecule has 0 spiro atoms. The van der Waals surface area contributed by atoms with Crippen LogP contribution in [0.25, 0.3) is 0 Å². The first-order chi connectivity index (χ1) is 20.5. The second-order valence-corrected chi connectivity index (χ2v) is 9.75. The Balaban J connectivity index is 1.29. The third-order valence-corrected chi connectivity index (χ3v) is 6.75. The molecule has 0 aliphatic carbocycles. The lowest BCUT2D eigenvalue weighted by atomic mass is 10.2. The molecular weight excluding hydrogens is 526 g/mol. The first-order valence-electron chi connectivity index (χ1n) is 14.3. The van der Waals surface area contributed by atoms with Gasteiger partial charge in [-0.2, -0.15) is 5.10 Å². The summed E-state index contributed by atoms with van der Waals surface area (Å²) >= 11 is 0. The summed E-state index contributed by atoms with van der Waals surface area (Å²) in [6, 6.07) is 18.0. The highest BCUT2D eigenvalue weighted by Crippen LogP contribution is 2.34. The Kier molecular flexibility index (Phi) is 13.6. The lowest BCUT2D eigenvalue weighted by molar-refractivity contribution is -0.698. The van der Waals surface area contributed by atoms with Crippen LogP contribution in [0.4, 0.5) is 22.7 Å². The molecule has 2 aromatic carbocycles. The Hall–Kier alpha value is -4.63. The highest BCUT2D eigenvalue weighted by atomic mass is 16.5. The maximum absolute atomic E-state index is 6.19. The van der Waals surface area contributed by atoms with Crippen LogP contribution in [0.5, 0.6) is 11.5 Å². The molecule has 1 heterocycles. The standard InChI is InChI=1S/C33H43N7O2/c1-5-27(25-38-39(2)29-13-9-8-10-14-29)15-19-35-18-11-6-7-12-20-40-21-16-28(17-22-40)36-26-37-31-23-30(41-3)24-32(42-4)33(31)34/h5,8-10,13-17,19,21-25H,1,6-7,11-12,18,20,26H2,2-4H3,(H3,34,35,37,38)/p+3. The lowest BCUT2D eigenvalue weighted by Gasteiger charge is -2.13. The number of nitrogens with zero attached hydrogens (tertiary/aromatic N) is 3. The Morgan fingerprint density at radius 1 is 1.07 bits per heavy atom. The summed E-state index contributed by atoms with van der Waals surface area (Å²) in [5, 5.41) is 11.8. The molecule has 0 saturated carbocycles. The van der Waals surface area contributed by atoms with Crippen molar-refractivity contribution in [2.45, 2.75) is 32.2 Å². The van der Waals surface area contributed by atoms with E-state index in [1.165, 1.54) is 12.8 Å². The van der Waals surface area contributed by atoms with Crippen molar-refractivity contribution in [3.05, 3.63) is 91.3 Å². The highest BCUT2D eigenvalue weighted by molar-refractivity contribution is 5.88. The van der Waals surface area contributed by atoms with Crippen molar-refractivity contribution in [1.29, 1.82) is 0 Å². The van der Waals surface area contributed by atoms with E-state index in [2.05, 4.69) is 56.4 Å². The Labute approximate surface area is 250 Å². The Bertz CT molecular complexity index is 1320. The molecule has 0 fully saturated rings. The van der Waals surface area contributed by atoms with Crippen LogP contribution in [0.3, 0.4) is 0 Å². The number of nitrogens with two attached hydrogens (primary N) is 2. The van der Waals surface area contributed by atoms with Gasteiger partial charge in [0.2, 0.25) is 0 Å². The number of nitrogens with one attached hydrogen (secondary N) is 2. The third kappa shape index (κ3) is 10.7. The number of pyridine rings is 1. The predicted molar refractivity (Wildman–Crippen MR) is 173 cm³/mol. The van der Waals surface area contributed by atoms with Gasteiger partial charge < -0.3 is 20.5 Å². The second kappa shape index (κ2) is 17.9. The van der Waals surface area contributed by atoms with Gasteiger partial charge in [-0.3, -0.25) is 10.3 Å². The SMILES string of the molecule is C=CC(C=NN(C)c1ccccc1)=CC=[NH+]CCCCCC[n+]1ccc([NH2+]CNc2cc(OC)cc(OC)c2N)cc1. The zero-order valence-electron chi connectivity index (χ0n) is 25.1. The monoisotopic (exact) mass is 572 g/mol. The van der Waals surface area contributed by atoms with Gasteiger partial charge in [0, 0.05) is 38.1 Å². The van der Waals surface area contributed by atoms with Gasteiger partial charge in [0.1, 0.15) is 30.3 Å². The fraction of sp³-hybridized carbons (Fsp3) is 0.303. The van der Waals surface area contributed by atoms with E-state index in [0.29, 0.717) is 23.9 Å². The van der Waals surface area contributed by atoms with Crippen LogP contribution in [0, 0.1) is 0 Å². The minimum Gasteiger partial charge on any atom is -0.497 e. The van der Waals surface area contributed by atoms with Gasteiger partial charge in [0.15, 0.2) is 25.3 Å².